The molecule has 2 aliphatic heterocycles. The quantitative estimate of drug-likeness (QED) is 0.171. The number of fused-ring (bicyclic) bond motifs is 1. The molecule has 1 aliphatic carbocycles. The van der Waals surface area contributed by atoms with Crippen molar-refractivity contribution >= 4 is 11.5 Å². The second kappa shape index (κ2) is 14.2. The fourth-order valence-corrected chi connectivity index (χ4v) is 6.92. The highest BCUT2D eigenvalue weighted by Gasteiger charge is 2.45. The van der Waals surface area contributed by atoms with E-state index in [0.29, 0.717) is 31.9 Å². The van der Waals surface area contributed by atoms with Gasteiger partial charge in [-0.25, -0.2) is 0 Å². The van der Waals surface area contributed by atoms with Crippen molar-refractivity contribution in [3.05, 3.63) is 82.7 Å². The molecule has 9 nitrogen and oxygen atoms in total. The maximum atomic E-state index is 12.4. The first kappa shape index (κ1) is 32.1. The van der Waals surface area contributed by atoms with Crippen LogP contribution in [0.2, 0.25) is 0 Å². The van der Waals surface area contributed by atoms with Crippen molar-refractivity contribution in [2.24, 2.45) is 16.5 Å². The van der Waals surface area contributed by atoms with Gasteiger partial charge in [-0.05, 0) is 66.5 Å². The van der Waals surface area contributed by atoms with Crippen molar-refractivity contribution in [3.8, 4) is 11.5 Å². The summed E-state index contributed by atoms with van der Waals surface area (Å²) >= 11 is 0. The monoisotopic (exact) mass is 603 g/mol. The molecular formula is C35H47N4O5+. The molecule has 1 saturated carbocycles. The van der Waals surface area contributed by atoms with Gasteiger partial charge in [-0.2, -0.15) is 0 Å². The van der Waals surface area contributed by atoms with E-state index >= 15 is 0 Å². The zero-order valence-corrected chi connectivity index (χ0v) is 25.7. The third kappa shape index (κ3) is 7.30. The van der Waals surface area contributed by atoms with Gasteiger partial charge in [0.05, 0.1) is 23.9 Å². The molecule has 0 saturated heterocycles. The van der Waals surface area contributed by atoms with E-state index in [1.165, 1.54) is 16.7 Å². The van der Waals surface area contributed by atoms with E-state index in [1.807, 2.05) is 25.3 Å². The molecule has 0 amide bonds. The molecule has 3 aliphatic rings. The summed E-state index contributed by atoms with van der Waals surface area (Å²) in [5.41, 5.74) is 18.4. The van der Waals surface area contributed by atoms with Gasteiger partial charge in [-0.15, -0.1) is 0 Å². The van der Waals surface area contributed by atoms with Gasteiger partial charge in [0.2, 0.25) is 6.73 Å². The average Bonchev–Trinajstić information content (AvgIpc) is 3.73. The molecule has 3 atom stereocenters. The zero-order chi connectivity index (χ0) is 31.3. The van der Waals surface area contributed by atoms with Crippen LogP contribution in [0.15, 0.2) is 71.0 Å². The highest BCUT2D eigenvalue weighted by Crippen LogP contribution is 2.50. The highest BCUT2D eigenvalue weighted by molar-refractivity contribution is 6.08. The molecule has 236 valence electrons. The number of carbonyl (C=O) groups is 1. The third-order valence-electron chi connectivity index (χ3n) is 9.25. The number of hydrogen-bond donors (Lipinski definition) is 6. The van der Waals surface area contributed by atoms with E-state index in [-0.39, 0.29) is 36.2 Å². The van der Waals surface area contributed by atoms with E-state index in [1.54, 1.807) is 18.2 Å². The summed E-state index contributed by atoms with van der Waals surface area (Å²) in [5, 5.41) is 30.5. The normalized spacial score (nSPS) is 20.2. The number of nitrogens with one attached hydrogen (secondary N) is 1. The Kier molecular flexibility index (Phi) is 10.3. The molecule has 5 rings (SSSR count). The molecule has 2 heterocycles. The Balaban J connectivity index is 1.20. The van der Waals surface area contributed by atoms with Crippen LogP contribution in [0.3, 0.4) is 0 Å². The van der Waals surface area contributed by atoms with Gasteiger partial charge in [0, 0.05) is 24.5 Å². The number of quaternary nitrogens is 1. The number of Topliss-reactive ketones (excluding diaryl/α,β-unsaturated/α-hetero) is 1. The van der Waals surface area contributed by atoms with Crippen LogP contribution >= 0.6 is 0 Å². The number of phenolic OH excluding ortho intramolecular Hbond substituents is 1. The number of nitrogens with two attached hydrogens (primary N) is 2. The molecule has 8 N–H and O–H groups in total. The zero-order valence-electron chi connectivity index (χ0n) is 25.7. The van der Waals surface area contributed by atoms with E-state index in [9.17, 15) is 20.1 Å². The first-order chi connectivity index (χ1) is 21.2. The van der Waals surface area contributed by atoms with Crippen LogP contribution in [0.4, 0.5) is 0 Å². The summed E-state index contributed by atoms with van der Waals surface area (Å²) in [6, 6.07) is 13.5. The number of aliphatic hydroxyl groups excluding tert-OH is 2. The summed E-state index contributed by atoms with van der Waals surface area (Å²) in [7, 11) is 0. The number of allylic oxidation sites excluding steroid dienone is 1. The van der Waals surface area contributed by atoms with Crippen molar-refractivity contribution < 1.29 is 29.8 Å². The molecular weight excluding hydrogens is 556 g/mol. The summed E-state index contributed by atoms with van der Waals surface area (Å²) < 4.78 is 6.09. The first-order valence-corrected chi connectivity index (χ1v) is 16.0. The largest absolute Gasteiger partial charge is 0.504 e. The number of ketones is 1. The Morgan fingerprint density at radius 1 is 1.11 bits per heavy atom. The number of aliphatic imine (C=N–C) groups is 1. The van der Waals surface area contributed by atoms with Gasteiger partial charge in [-0.1, -0.05) is 56.5 Å². The number of aryl methyl sites for hydroxylation is 1. The van der Waals surface area contributed by atoms with Crippen molar-refractivity contribution in [1.82, 2.24) is 0 Å². The van der Waals surface area contributed by atoms with Crippen LogP contribution in [0.5, 0.6) is 11.5 Å². The highest BCUT2D eigenvalue weighted by atomic mass is 16.5. The van der Waals surface area contributed by atoms with Gasteiger partial charge in [0.15, 0.2) is 11.5 Å². The minimum atomic E-state index is -0.835. The lowest BCUT2D eigenvalue weighted by Crippen LogP contribution is -3.07. The van der Waals surface area contributed by atoms with Crippen LogP contribution in [0.1, 0.15) is 87.6 Å². The number of carbonyl (C=O) groups excluding carboxylic acids is 1. The van der Waals surface area contributed by atoms with E-state index in [4.69, 9.17) is 21.2 Å². The molecule has 0 bridgehead atoms. The Morgan fingerprint density at radius 2 is 1.91 bits per heavy atom. The SMILES string of the molecule is CCCC(O)CC(O)CC(=O)CCc1ccc(O)c(OC[NH+]2C=C3C(C4(c5cccc(C(N)N)c5)CCCC4)=CN=C3C2)c1. The van der Waals surface area contributed by atoms with E-state index < -0.39 is 18.4 Å². The number of ether oxygens (including phenoxy) is 1. The van der Waals surface area contributed by atoms with Gasteiger partial charge < -0.3 is 31.5 Å². The second-order valence-electron chi connectivity index (χ2n) is 12.6. The maximum absolute atomic E-state index is 12.4. The molecule has 3 unspecified atom stereocenters. The van der Waals surface area contributed by atoms with Gasteiger partial charge in [0.1, 0.15) is 24.2 Å². The summed E-state index contributed by atoms with van der Waals surface area (Å²) in [6.07, 6.45) is 9.15. The molecule has 0 spiro atoms. The standard InChI is InChI=1S/C35H46N4O5/c1-2-6-26(40)17-28(42)18-27(41)11-9-23-10-12-32(43)33(15-23)44-22-39-20-29-30(19-38-31(29)21-39)35(13-3-4-14-35)25-8-5-7-24(16-25)34(36)37/h5,7-8,10,12,15-16,19-20,26,28,34,40,42-43H,2-4,6,9,11,13-14,17-18,21-22,36-37H2,1H3/p+1. The number of benzene rings is 2. The number of aromatic hydroxyl groups is 1. The van der Waals surface area contributed by atoms with Gasteiger partial charge >= 0.3 is 0 Å². The van der Waals surface area contributed by atoms with Crippen LogP contribution in [-0.4, -0.2) is 52.3 Å². The fraction of sp³-hybridized carbons (Fsp3) is 0.486. The third-order valence-corrected chi connectivity index (χ3v) is 9.25. The smallest absolute Gasteiger partial charge is 0.227 e. The molecule has 44 heavy (non-hydrogen) atoms. The minimum absolute atomic E-state index is 0.0306. The van der Waals surface area contributed by atoms with Crippen LogP contribution < -0.4 is 21.1 Å². The number of aliphatic hydroxyl groups is 2. The number of rotatable bonds is 15. The summed E-state index contributed by atoms with van der Waals surface area (Å²) in [4.78, 5) is 18.4. The predicted octanol–water partition coefficient (Wildman–Crippen LogP) is 3.08. The van der Waals surface area contributed by atoms with Crippen molar-refractivity contribution in [2.75, 3.05) is 13.3 Å². The topological polar surface area (TPSA) is 156 Å². The number of phenols is 1. The Labute approximate surface area is 259 Å². The van der Waals surface area contributed by atoms with Crippen molar-refractivity contribution in [1.29, 1.82) is 0 Å². The Morgan fingerprint density at radius 3 is 2.66 bits per heavy atom. The Bertz CT molecular complexity index is 1430. The minimum Gasteiger partial charge on any atom is -0.504 e. The molecule has 1 fully saturated rings. The van der Waals surface area contributed by atoms with Crippen LogP contribution in [0.25, 0.3) is 0 Å². The predicted molar refractivity (Wildman–Crippen MR) is 170 cm³/mol. The summed E-state index contributed by atoms with van der Waals surface area (Å²) in [6.45, 7) is 2.99. The van der Waals surface area contributed by atoms with E-state index in [0.717, 1.165) is 53.8 Å². The van der Waals surface area contributed by atoms with Crippen LogP contribution in [-0.2, 0) is 16.6 Å². The lowest BCUT2D eigenvalue weighted by atomic mass is 9.70. The average molecular weight is 604 g/mol. The molecule has 0 radical (unpaired) electrons. The first-order valence-electron chi connectivity index (χ1n) is 16.0. The molecule has 0 aromatic heterocycles. The van der Waals surface area contributed by atoms with Gasteiger partial charge in [0.25, 0.3) is 0 Å². The van der Waals surface area contributed by atoms with Crippen LogP contribution in [0, 0.1) is 0 Å². The van der Waals surface area contributed by atoms with E-state index in [2.05, 4.69) is 18.3 Å². The maximum Gasteiger partial charge on any atom is 0.227 e. The summed E-state index contributed by atoms with van der Waals surface area (Å²) in [5.74, 6) is 0.368. The molecule has 2 aromatic carbocycles. The second-order valence-corrected chi connectivity index (χ2v) is 12.6. The molecule has 9 heteroatoms. The van der Waals surface area contributed by atoms with Gasteiger partial charge in [-0.3, -0.25) is 14.7 Å². The van der Waals surface area contributed by atoms with Crippen molar-refractivity contribution in [2.45, 2.75) is 94.9 Å². The lowest BCUT2D eigenvalue weighted by molar-refractivity contribution is -0.851. The molecule has 2 aromatic rings. The number of hydrogen-bond acceptors (Lipinski definition) is 8. The number of nitrogens with zero attached hydrogens (tertiary/aromatic N) is 1. The lowest BCUT2D eigenvalue weighted by Gasteiger charge is -2.32. The van der Waals surface area contributed by atoms with Crippen molar-refractivity contribution in [3.63, 3.8) is 0 Å². The Hall–Kier alpha value is -3.34. The fourth-order valence-electron chi connectivity index (χ4n) is 6.92.